The van der Waals surface area contributed by atoms with E-state index in [9.17, 15) is 8.42 Å². The average molecular weight is 215 g/mol. The minimum atomic E-state index is -3.19. The van der Waals surface area contributed by atoms with Crippen LogP contribution in [0.2, 0.25) is 0 Å². The van der Waals surface area contributed by atoms with Gasteiger partial charge >= 0.3 is 0 Å². The Morgan fingerprint density at radius 3 is 2.71 bits per heavy atom. The van der Waals surface area contributed by atoms with Gasteiger partial charge < -0.3 is 0 Å². The Hall–Kier alpha value is -1.04. The molecule has 6 heteroatoms. The molecule has 0 amide bonds. The monoisotopic (exact) mass is 215 g/mol. The maximum absolute atomic E-state index is 11.7. The van der Waals surface area contributed by atoms with Gasteiger partial charge in [-0.05, 0) is 12.8 Å². The highest BCUT2D eigenvalue weighted by atomic mass is 32.2. The third-order valence-electron chi connectivity index (χ3n) is 2.50. The van der Waals surface area contributed by atoms with Crippen molar-refractivity contribution >= 4 is 15.7 Å². The van der Waals surface area contributed by atoms with Crippen LogP contribution >= 0.6 is 0 Å². The van der Waals surface area contributed by atoms with E-state index in [0.29, 0.717) is 5.69 Å². The van der Waals surface area contributed by atoms with Crippen LogP contribution in [0, 0.1) is 0 Å². The average Bonchev–Trinajstić information content (AvgIpc) is 2.71. The first-order valence-corrected chi connectivity index (χ1v) is 6.23. The van der Waals surface area contributed by atoms with E-state index in [1.54, 1.807) is 0 Å². The van der Waals surface area contributed by atoms with Crippen LogP contribution in [0.5, 0.6) is 0 Å². The summed E-state index contributed by atoms with van der Waals surface area (Å²) in [6.07, 6.45) is 6.56. The Morgan fingerprint density at radius 2 is 2.14 bits per heavy atom. The van der Waals surface area contributed by atoms with E-state index in [1.165, 1.54) is 12.4 Å². The molecule has 0 atom stereocenters. The maximum atomic E-state index is 11.7. The van der Waals surface area contributed by atoms with E-state index in [2.05, 4.69) is 14.9 Å². The van der Waals surface area contributed by atoms with Crippen LogP contribution in [0.3, 0.4) is 0 Å². The SMILES string of the molecule is O=S(=O)(Nc1cn[nH]c1)C1CCCC1. The Morgan fingerprint density at radius 1 is 1.43 bits per heavy atom. The van der Waals surface area contributed by atoms with E-state index in [0.717, 1.165) is 25.7 Å². The number of H-pyrrole nitrogens is 1. The Kier molecular flexibility index (Phi) is 2.45. The van der Waals surface area contributed by atoms with Crippen molar-refractivity contribution in [2.24, 2.45) is 0 Å². The zero-order valence-corrected chi connectivity index (χ0v) is 8.55. The molecular formula is C8H13N3O2S. The zero-order valence-electron chi connectivity index (χ0n) is 7.73. The van der Waals surface area contributed by atoms with E-state index in [1.807, 2.05) is 0 Å². The quantitative estimate of drug-likeness (QED) is 0.792. The van der Waals surface area contributed by atoms with Crippen molar-refractivity contribution in [2.75, 3.05) is 4.72 Å². The molecule has 0 aromatic carbocycles. The third-order valence-corrected chi connectivity index (χ3v) is 4.37. The number of anilines is 1. The molecule has 1 aromatic rings. The lowest BCUT2D eigenvalue weighted by molar-refractivity contribution is 0.585. The molecule has 1 aromatic heterocycles. The molecular weight excluding hydrogens is 202 g/mol. The van der Waals surface area contributed by atoms with Crippen LogP contribution < -0.4 is 4.72 Å². The van der Waals surface area contributed by atoms with Crippen LogP contribution in [0.15, 0.2) is 12.4 Å². The summed E-state index contributed by atoms with van der Waals surface area (Å²) >= 11 is 0. The fourth-order valence-corrected chi connectivity index (χ4v) is 3.31. The van der Waals surface area contributed by atoms with Crippen molar-refractivity contribution in [1.29, 1.82) is 0 Å². The largest absolute Gasteiger partial charge is 0.284 e. The lowest BCUT2D eigenvalue weighted by atomic mass is 10.4. The summed E-state index contributed by atoms with van der Waals surface area (Å²) in [4.78, 5) is 0. The van der Waals surface area contributed by atoms with Crippen molar-refractivity contribution < 1.29 is 8.42 Å². The van der Waals surface area contributed by atoms with Crippen LogP contribution in [-0.2, 0) is 10.0 Å². The zero-order chi connectivity index (χ0) is 10.0. The fraction of sp³-hybridized carbons (Fsp3) is 0.625. The van der Waals surface area contributed by atoms with Gasteiger partial charge in [-0.2, -0.15) is 5.10 Å². The van der Waals surface area contributed by atoms with Gasteiger partial charge in [0.25, 0.3) is 0 Å². The smallest absolute Gasteiger partial charge is 0.235 e. The molecule has 1 aliphatic rings. The van der Waals surface area contributed by atoms with E-state index >= 15 is 0 Å². The van der Waals surface area contributed by atoms with Gasteiger partial charge in [-0.15, -0.1) is 0 Å². The molecule has 5 nitrogen and oxygen atoms in total. The van der Waals surface area contributed by atoms with E-state index in [-0.39, 0.29) is 5.25 Å². The van der Waals surface area contributed by atoms with Crippen LogP contribution in [-0.4, -0.2) is 23.9 Å². The molecule has 78 valence electrons. The molecule has 0 spiro atoms. The van der Waals surface area contributed by atoms with Crippen LogP contribution in [0.25, 0.3) is 0 Å². The van der Waals surface area contributed by atoms with Crippen molar-refractivity contribution in [3.63, 3.8) is 0 Å². The minimum absolute atomic E-state index is 0.225. The normalized spacial score (nSPS) is 18.6. The van der Waals surface area contributed by atoms with Gasteiger partial charge in [0.2, 0.25) is 10.0 Å². The number of hydrogen-bond acceptors (Lipinski definition) is 3. The summed E-state index contributed by atoms with van der Waals surface area (Å²) in [6.45, 7) is 0. The molecule has 0 bridgehead atoms. The summed E-state index contributed by atoms with van der Waals surface area (Å²) in [6, 6.07) is 0. The van der Waals surface area contributed by atoms with Crippen LogP contribution in [0.1, 0.15) is 25.7 Å². The molecule has 2 rings (SSSR count). The Balaban J connectivity index is 2.09. The molecule has 1 fully saturated rings. The van der Waals surface area contributed by atoms with Gasteiger partial charge in [-0.3, -0.25) is 9.82 Å². The first-order chi connectivity index (χ1) is 6.68. The van der Waals surface area contributed by atoms with Gasteiger partial charge in [-0.25, -0.2) is 8.42 Å². The number of hydrogen-bond donors (Lipinski definition) is 2. The Bertz CT molecular complexity index is 379. The van der Waals surface area contributed by atoms with E-state index < -0.39 is 10.0 Å². The van der Waals surface area contributed by atoms with Crippen LogP contribution in [0.4, 0.5) is 5.69 Å². The second-order valence-corrected chi connectivity index (χ2v) is 5.50. The highest BCUT2D eigenvalue weighted by molar-refractivity contribution is 7.93. The van der Waals surface area contributed by atoms with Crippen molar-refractivity contribution in [3.8, 4) is 0 Å². The molecule has 0 unspecified atom stereocenters. The summed E-state index contributed by atoms with van der Waals surface area (Å²) in [5.41, 5.74) is 0.511. The number of aromatic amines is 1. The number of aromatic nitrogens is 2. The molecule has 0 radical (unpaired) electrons. The molecule has 1 aliphatic carbocycles. The predicted molar refractivity (Wildman–Crippen MR) is 53.4 cm³/mol. The lowest BCUT2D eigenvalue weighted by Crippen LogP contribution is -2.24. The molecule has 1 heterocycles. The van der Waals surface area contributed by atoms with Crippen molar-refractivity contribution in [2.45, 2.75) is 30.9 Å². The number of rotatable bonds is 3. The third kappa shape index (κ3) is 1.89. The second-order valence-electron chi connectivity index (χ2n) is 3.54. The molecule has 0 aliphatic heterocycles. The molecule has 14 heavy (non-hydrogen) atoms. The van der Waals surface area contributed by atoms with Crippen molar-refractivity contribution in [1.82, 2.24) is 10.2 Å². The fourth-order valence-electron chi connectivity index (χ4n) is 1.75. The summed E-state index contributed by atoms with van der Waals surface area (Å²) < 4.78 is 26.0. The summed E-state index contributed by atoms with van der Waals surface area (Å²) in [5.74, 6) is 0. The van der Waals surface area contributed by atoms with Crippen molar-refractivity contribution in [3.05, 3.63) is 12.4 Å². The lowest BCUT2D eigenvalue weighted by Gasteiger charge is -2.11. The highest BCUT2D eigenvalue weighted by Crippen LogP contribution is 2.25. The predicted octanol–water partition coefficient (Wildman–Crippen LogP) is 1.09. The Labute approximate surface area is 83.0 Å². The highest BCUT2D eigenvalue weighted by Gasteiger charge is 2.28. The number of nitrogens with zero attached hydrogens (tertiary/aromatic N) is 1. The standard InChI is InChI=1S/C8H13N3O2S/c12-14(13,8-3-1-2-4-8)11-7-5-9-10-6-7/h5-6,8,11H,1-4H2,(H,9,10). The minimum Gasteiger partial charge on any atom is -0.284 e. The molecule has 2 N–H and O–H groups in total. The second kappa shape index (κ2) is 3.61. The van der Waals surface area contributed by atoms with Gasteiger partial charge in [0.15, 0.2) is 0 Å². The van der Waals surface area contributed by atoms with E-state index in [4.69, 9.17) is 0 Å². The number of sulfonamides is 1. The van der Waals surface area contributed by atoms with Gasteiger partial charge in [0.05, 0.1) is 17.1 Å². The topological polar surface area (TPSA) is 74.8 Å². The van der Waals surface area contributed by atoms with Gasteiger partial charge in [0.1, 0.15) is 0 Å². The maximum Gasteiger partial charge on any atom is 0.235 e. The molecule has 0 saturated heterocycles. The van der Waals surface area contributed by atoms with Gasteiger partial charge in [-0.1, -0.05) is 12.8 Å². The van der Waals surface area contributed by atoms with Gasteiger partial charge in [0, 0.05) is 6.20 Å². The summed E-state index contributed by atoms with van der Waals surface area (Å²) in [7, 11) is -3.19. The molecule has 1 saturated carbocycles. The number of nitrogens with one attached hydrogen (secondary N) is 2. The first-order valence-electron chi connectivity index (χ1n) is 4.69. The first kappa shape index (κ1) is 9.51. The summed E-state index contributed by atoms with van der Waals surface area (Å²) in [5, 5.41) is 6.02.